The molecule has 2 aromatic rings. The summed E-state index contributed by atoms with van der Waals surface area (Å²) in [6.07, 6.45) is 1.59. The Labute approximate surface area is 125 Å². The number of hydrogen-bond acceptors (Lipinski definition) is 3. The third-order valence-corrected chi connectivity index (χ3v) is 3.69. The Morgan fingerprint density at radius 2 is 1.71 bits per heavy atom. The lowest BCUT2D eigenvalue weighted by molar-refractivity contribution is 0.262. The number of methoxy groups -OCH3 is 1. The molecule has 1 unspecified atom stereocenters. The molecule has 0 saturated heterocycles. The summed E-state index contributed by atoms with van der Waals surface area (Å²) in [6, 6.07) is 13.6. The van der Waals surface area contributed by atoms with Crippen LogP contribution in [0.5, 0.6) is 5.75 Å². The molecule has 2 aromatic carbocycles. The highest BCUT2D eigenvalue weighted by molar-refractivity contribution is 7.84. The van der Waals surface area contributed by atoms with Gasteiger partial charge in [0, 0.05) is 33.3 Å². The van der Waals surface area contributed by atoms with E-state index in [9.17, 15) is 9.00 Å². The van der Waals surface area contributed by atoms with Crippen LogP contribution in [-0.2, 0) is 10.8 Å². The molecule has 0 spiro atoms. The molecule has 0 aliphatic rings. The van der Waals surface area contributed by atoms with Gasteiger partial charge >= 0.3 is 6.03 Å². The second kappa shape index (κ2) is 6.90. The number of ether oxygens (including phenoxy) is 1. The number of anilines is 2. The number of hydrogen-bond donors (Lipinski definition) is 2. The largest absolute Gasteiger partial charge is 0.497 e. The van der Waals surface area contributed by atoms with Gasteiger partial charge in [0.2, 0.25) is 0 Å². The van der Waals surface area contributed by atoms with Crippen LogP contribution in [0.15, 0.2) is 53.4 Å². The standard InChI is InChI=1S/C15H16N2O3S/c1-20-13-8-6-11(7-9-13)16-15(18)17-12-4-3-5-14(10-12)21(2)19/h3-10H,1-2H3,(H2,16,17,18). The highest BCUT2D eigenvalue weighted by atomic mass is 32.2. The van der Waals surface area contributed by atoms with Crippen LogP contribution in [0.4, 0.5) is 16.2 Å². The highest BCUT2D eigenvalue weighted by Crippen LogP contribution is 2.16. The van der Waals surface area contributed by atoms with Crippen LogP contribution < -0.4 is 15.4 Å². The van der Waals surface area contributed by atoms with E-state index in [0.29, 0.717) is 16.3 Å². The zero-order valence-electron chi connectivity index (χ0n) is 11.8. The third kappa shape index (κ3) is 4.32. The van der Waals surface area contributed by atoms with Gasteiger partial charge in [-0.05, 0) is 42.5 Å². The number of carbonyl (C=O) groups excluding carboxylic acids is 1. The van der Waals surface area contributed by atoms with Crippen molar-refractivity contribution in [3.63, 3.8) is 0 Å². The molecule has 2 N–H and O–H groups in total. The summed E-state index contributed by atoms with van der Waals surface area (Å²) in [5.74, 6) is 0.721. The van der Waals surface area contributed by atoms with E-state index in [1.807, 2.05) is 0 Å². The molecular formula is C15H16N2O3S. The van der Waals surface area contributed by atoms with Crippen molar-refractivity contribution in [3.05, 3.63) is 48.5 Å². The fraction of sp³-hybridized carbons (Fsp3) is 0.133. The summed E-state index contributed by atoms with van der Waals surface area (Å²) >= 11 is 0. The second-order valence-corrected chi connectivity index (χ2v) is 5.67. The highest BCUT2D eigenvalue weighted by Gasteiger charge is 2.04. The van der Waals surface area contributed by atoms with Crippen molar-refractivity contribution in [3.8, 4) is 5.75 Å². The van der Waals surface area contributed by atoms with Crippen molar-refractivity contribution < 1.29 is 13.7 Å². The molecule has 1 atom stereocenters. The van der Waals surface area contributed by atoms with E-state index in [1.54, 1.807) is 61.9 Å². The Bertz CT molecular complexity index is 656. The summed E-state index contributed by atoms with van der Waals surface area (Å²) in [6.45, 7) is 0. The number of carbonyl (C=O) groups is 1. The van der Waals surface area contributed by atoms with Gasteiger partial charge < -0.3 is 15.4 Å². The molecule has 0 aromatic heterocycles. The first-order chi connectivity index (χ1) is 10.1. The molecule has 6 heteroatoms. The van der Waals surface area contributed by atoms with Gasteiger partial charge in [0.05, 0.1) is 7.11 Å². The predicted octanol–water partition coefficient (Wildman–Crippen LogP) is 3.08. The van der Waals surface area contributed by atoms with Gasteiger partial charge in [-0.15, -0.1) is 0 Å². The lowest BCUT2D eigenvalue weighted by atomic mass is 10.3. The molecule has 0 saturated carbocycles. The van der Waals surface area contributed by atoms with Gasteiger partial charge in [0.25, 0.3) is 0 Å². The summed E-state index contributed by atoms with van der Waals surface area (Å²) in [7, 11) is 0.502. The molecule has 110 valence electrons. The monoisotopic (exact) mass is 304 g/mol. The SMILES string of the molecule is COc1ccc(NC(=O)Nc2cccc(S(C)=O)c2)cc1. The van der Waals surface area contributed by atoms with Gasteiger partial charge in [-0.1, -0.05) is 6.07 Å². The van der Waals surface area contributed by atoms with Gasteiger partial charge in [-0.3, -0.25) is 4.21 Å². The first-order valence-corrected chi connectivity index (χ1v) is 7.80. The Morgan fingerprint density at radius 3 is 2.33 bits per heavy atom. The van der Waals surface area contributed by atoms with E-state index >= 15 is 0 Å². The quantitative estimate of drug-likeness (QED) is 0.912. The Kier molecular flexibility index (Phi) is 4.94. The third-order valence-electron chi connectivity index (χ3n) is 2.77. The maximum Gasteiger partial charge on any atom is 0.323 e. The molecule has 0 aliphatic heterocycles. The van der Waals surface area contributed by atoms with Crippen LogP contribution >= 0.6 is 0 Å². The van der Waals surface area contributed by atoms with Gasteiger partial charge in [0.15, 0.2) is 0 Å². The summed E-state index contributed by atoms with van der Waals surface area (Å²) < 4.78 is 16.5. The van der Waals surface area contributed by atoms with Crippen LogP contribution in [0, 0.1) is 0 Å². The van der Waals surface area contributed by atoms with Crippen molar-refractivity contribution in [2.75, 3.05) is 24.0 Å². The number of benzene rings is 2. The first kappa shape index (κ1) is 15.1. The van der Waals surface area contributed by atoms with Crippen molar-refractivity contribution in [2.24, 2.45) is 0 Å². The fourth-order valence-corrected chi connectivity index (χ4v) is 2.28. The second-order valence-electron chi connectivity index (χ2n) is 4.29. The molecule has 0 bridgehead atoms. The first-order valence-electron chi connectivity index (χ1n) is 6.24. The van der Waals surface area contributed by atoms with Crippen molar-refractivity contribution >= 4 is 28.2 Å². The lowest BCUT2D eigenvalue weighted by Gasteiger charge is -2.09. The van der Waals surface area contributed by atoms with E-state index in [4.69, 9.17) is 4.74 Å². The normalized spacial score (nSPS) is 11.5. The van der Waals surface area contributed by atoms with Crippen molar-refractivity contribution in [1.29, 1.82) is 0 Å². The van der Waals surface area contributed by atoms with Crippen LogP contribution in [0.3, 0.4) is 0 Å². The smallest absolute Gasteiger partial charge is 0.323 e. The molecule has 0 fully saturated rings. The van der Waals surface area contributed by atoms with Crippen LogP contribution in [-0.4, -0.2) is 23.6 Å². The minimum Gasteiger partial charge on any atom is -0.497 e. The van der Waals surface area contributed by atoms with E-state index in [-0.39, 0.29) is 6.03 Å². The molecular weight excluding hydrogens is 288 g/mol. The topological polar surface area (TPSA) is 67.4 Å². The average molecular weight is 304 g/mol. The molecule has 0 radical (unpaired) electrons. The number of rotatable bonds is 4. The maximum absolute atomic E-state index is 11.9. The van der Waals surface area contributed by atoms with E-state index in [0.717, 1.165) is 5.75 Å². The lowest BCUT2D eigenvalue weighted by Crippen LogP contribution is -2.19. The zero-order valence-corrected chi connectivity index (χ0v) is 12.6. The van der Waals surface area contributed by atoms with Crippen molar-refractivity contribution in [2.45, 2.75) is 4.90 Å². The van der Waals surface area contributed by atoms with E-state index < -0.39 is 10.8 Å². The number of urea groups is 1. The van der Waals surface area contributed by atoms with Gasteiger partial charge in [0.1, 0.15) is 5.75 Å². The summed E-state index contributed by atoms with van der Waals surface area (Å²) in [5, 5.41) is 5.41. The van der Waals surface area contributed by atoms with Crippen molar-refractivity contribution in [1.82, 2.24) is 0 Å². The fourth-order valence-electron chi connectivity index (χ4n) is 1.72. The minimum absolute atomic E-state index is 0.362. The molecule has 2 rings (SSSR count). The molecule has 0 heterocycles. The van der Waals surface area contributed by atoms with Crippen LogP contribution in [0.1, 0.15) is 0 Å². The van der Waals surface area contributed by atoms with Crippen LogP contribution in [0.25, 0.3) is 0 Å². The van der Waals surface area contributed by atoms with E-state index in [2.05, 4.69) is 10.6 Å². The van der Waals surface area contributed by atoms with Gasteiger partial charge in [-0.2, -0.15) is 0 Å². The summed E-state index contributed by atoms with van der Waals surface area (Å²) in [5.41, 5.74) is 1.25. The zero-order chi connectivity index (χ0) is 15.2. The minimum atomic E-state index is -1.08. The predicted molar refractivity (Wildman–Crippen MR) is 84.4 cm³/mol. The van der Waals surface area contributed by atoms with E-state index in [1.165, 1.54) is 0 Å². The Balaban J connectivity index is 2.00. The molecule has 5 nitrogen and oxygen atoms in total. The maximum atomic E-state index is 11.9. The molecule has 2 amide bonds. The Morgan fingerprint density at radius 1 is 1.05 bits per heavy atom. The van der Waals surface area contributed by atoms with Crippen LogP contribution in [0.2, 0.25) is 0 Å². The van der Waals surface area contributed by atoms with Gasteiger partial charge in [-0.25, -0.2) is 4.79 Å². The number of nitrogens with one attached hydrogen (secondary N) is 2. The summed E-state index contributed by atoms with van der Waals surface area (Å²) in [4.78, 5) is 12.6. The average Bonchev–Trinajstić information content (AvgIpc) is 2.48. The molecule has 21 heavy (non-hydrogen) atoms. The Hall–Kier alpha value is -2.34. The molecule has 0 aliphatic carbocycles. The number of amides is 2.